The van der Waals surface area contributed by atoms with Crippen molar-refractivity contribution in [2.45, 2.75) is 20.8 Å². The van der Waals surface area contributed by atoms with E-state index in [-0.39, 0.29) is 6.09 Å². The molecule has 0 bridgehead atoms. The van der Waals surface area contributed by atoms with E-state index in [0.717, 1.165) is 5.69 Å². The molecule has 0 aliphatic carbocycles. The Kier molecular flexibility index (Phi) is 4.82. The van der Waals surface area contributed by atoms with E-state index < -0.39 is 0 Å². The first-order valence-corrected chi connectivity index (χ1v) is 5.84. The normalized spacial score (nSPS) is 10.4. The van der Waals surface area contributed by atoms with E-state index in [2.05, 4.69) is 0 Å². The van der Waals surface area contributed by atoms with Crippen LogP contribution in [-0.2, 0) is 4.74 Å². The second-order valence-electron chi connectivity index (χ2n) is 4.31. The van der Waals surface area contributed by atoms with Crippen LogP contribution < -0.4 is 10.6 Å². The monoisotopic (exact) mass is 236 g/mol. The van der Waals surface area contributed by atoms with Gasteiger partial charge in [-0.05, 0) is 31.0 Å². The summed E-state index contributed by atoms with van der Waals surface area (Å²) >= 11 is 0. The molecule has 4 heteroatoms. The van der Waals surface area contributed by atoms with Crippen LogP contribution >= 0.6 is 0 Å². The molecule has 94 valence electrons. The molecule has 0 aliphatic heterocycles. The third kappa shape index (κ3) is 3.98. The number of hydrogen-bond donors (Lipinski definition) is 1. The Morgan fingerprint density at radius 1 is 1.47 bits per heavy atom. The number of ether oxygens (including phenoxy) is 1. The summed E-state index contributed by atoms with van der Waals surface area (Å²) in [5.74, 6) is 0.332. The van der Waals surface area contributed by atoms with Gasteiger partial charge < -0.3 is 10.5 Å². The molecule has 0 unspecified atom stereocenters. The van der Waals surface area contributed by atoms with Gasteiger partial charge in [-0.2, -0.15) is 0 Å². The number of hydrogen-bond acceptors (Lipinski definition) is 3. The summed E-state index contributed by atoms with van der Waals surface area (Å²) in [6.45, 7) is 6.89. The topological polar surface area (TPSA) is 55.6 Å². The molecular weight excluding hydrogens is 216 g/mol. The number of nitrogen functional groups attached to an aromatic ring is 1. The lowest BCUT2D eigenvalue weighted by Gasteiger charge is -2.21. The zero-order chi connectivity index (χ0) is 12.8. The average molecular weight is 236 g/mol. The first kappa shape index (κ1) is 13.4. The van der Waals surface area contributed by atoms with Gasteiger partial charge in [0.05, 0.1) is 6.61 Å². The fraction of sp³-hybridized carbons (Fsp3) is 0.462. The fourth-order valence-electron chi connectivity index (χ4n) is 1.43. The van der Waals surface area contributed by atoms with Crippen molar-refractivity contribution in [3.63, 3.8) is 0 Å². The van der Waals surface area contributed by atoms with Crippen LogP contribution in [0.15, 0.2) is 24.3 Å². The number of benzene rings is 1. The highest BCUT2D eigenvalue weighted by atomic mass is 16.6. The highest BCUT2D eigenvalue weighted by Crippen LogP contribution is 2.18. The van der Waals surface area contributed by atoms with Crippen molar-refractivity contribution in [3.05, 3.63) is 24.3 Å². The second-order valence-corrected chi connectivity index (χ2v) is 4.31. The molecule has 0 atom stereocenters. The summed E-state index contributed by atoms with van der Waals surface area (Å²) in [5, 5.41) is 0. The van der Waals surface area contributed by atoms with Gasteiger partial charge in [-0.3, -0.25) is 4.90 Å². The number of anilines is 2. The van der Waals surface area contributed by atoms with Gasteiger partial charge in [-0.25, -0.2) is 4.79 Å². The van der Waals surface area contributed by atoms with Crippen LogP contribution in [0.5, 0.6) is 0 Å². The molecule has 0 aromatic heterocycles. The van der Waals surface area contributed by atoms with Crippen LogP contribution in [0.25, 0.3) is 0 Å². The maximum atomic E-state index is 11.9. The van der Waals surface area contributed by atoms with Crippen molar-refractivity contribution in [1.29, 1.82) is 0 Å². The minimum Gasteiger partial charge on any atom is -0.449 e. The highest BCUT2D eigenvalue weighted by molar-refractivity contribution is 5.88. The number of amides is 1. The van der Waals surface area contributed by atoms with Gasteiger partial charge >= 0.3 is 6.09 Å². The summed E-state index contributed by atoms with van der Waals surface area (Å²) in [6.07, 6.45) is -0.327. The molecule has 0 saturated carbocycles. The highest BCUT2D eigenvalue weighted by Gasteiger charge is 2.15. The van der Waals surface area contributed by atoms with Gasteiger partial charge in [0, 0.05) is 17.9 Å². The predicted molar refractivity (Wildman–Crippen MR) is 70.1 cm³/mol. The maximum Gasteiger partial charge on any atom is 0.414 e. The molecule has 0 saturated heterocycles. The summed E-state index contributed by atoms with van der Waals surface area (Å²) < 4.78 is 5.20. The number of nitrogens with zero attached hydrogens (tertiary/aromatic N) is 1. The summed E-state index contributed by atoms with van der Waals surface area (Å²) in [4.78, 5) is 13.4. The van der Waals surface area contributed by atoms with Gasteiger partial charge in [-0.1, -0.05) is 19.9 Å². The van der Waals surface area contributed by atoms with Crippen molar-refractivity contribution < 1.29 is 9.53 Å². The largest absolute Gasteiger partial charge is 0.449 e. The first-order chi connectivity index (χ1) is 8.04. The van der Waals surface area contributed by atoms with E-state index in [0.29, 0.717) is 24.8 Å². The average Bonchev–Trinajstić information content (AvgIpc) is 2.27. The molecule has 2 N–H and O–H groups in total. The standard InChI is InChI=1S/C13H20N2O2/c1-4-15(13(16)17-9-10(2)3)12-7-5-6-11(14)8-12/h5-8,10H,4,9,14H2,1-3H3. The Morgan fingerprint density at radius 2 is 2.18 bits per heavy atom. The minimum absolute atomic E-state index is 0.327. The lowest BCUT2D eigenvalue weighted by Crippen LogP contribution is -2.32. The van der Waals surface area contributed by atoms with Gasteiger partial charge in [0.15, 0.2) is 0 Å². The first-order valence-electron chi connectivity index (χ1n) is 5.84. The van der Waals surface area contributed by atoms with Crippen LogP contribution in [0.2, 0.25) is 0 Å². The molecular formula is C13H20N2O2. The van der Waals surface area contributed by atoms with Crippen LogP contribution in [-0.4, -0.2) is 19.2 Å². The van der Waals surface area contributed by atoms with Crippen molar-refractivity contribution in [3.8, 4) is 0 Å². The molecule has 0 fully saturated rings. The van der Waals surface area contributed by atoms with E-state index in [9.17, 15) is 4.79 Å². The molecule has 1 aromatic carbocycles. The van der Waals surface area contributed by atoms with E-state index >= 15 is 0 Å². The summed E-state index contributed by atoms with van der Waals surface area (Å²) in [6, 6.07) is 7.22. The number of carbonyl (C=O) groups excluding carboxylic acids is 1. The van der Waals surface area contributed by atoms with Gasteiger partial charge in [0.1, 0.15) is 0 Å². The van der Waals surface area contributed by atoms with E-state index in [4.69, 9.17) is 10.5 Å². The Labute approximate surface area is 102 Å². The van der Waals surface area contributed by atoms with Crippen molar-refractivity contribution in [2.75, 3.05) is 23.8 Å². The third-order valence-corrected chi connectivity index (χ3v) is 2.26. The fourth-order valence-corrected chi connectivity index (χ4v) is 1.43. The van der Waals surface area contributed by atoms with Crippen LogP contribution in [0.3, 0.4) is 0 Å². The van der Waals surface area contributed by atoms with Crippen LogP contribution in [0.4, 0.5) is 16.2 Å². The Morgan fingerprint density at radius 3 is 2.71 bits per heavy atom. The Hall–Kier alpha value is -1.71. The second kappa shape index (κ2) is 6.13. The number of carbonyl (C=O) groups is 1. The lowest BCUT2D eigenvalue weighted by atomic mass is 10.2. The van der Waals surface area contributed by atoms with E-state index in [1.807, 2.05) is 32.9 Å². The van der Waals surface area contributed by atoms with Gasteiger partial charge in [0.25, 0.3) is 0 Å². The molecule has 1 amide bonds. The Balaban J connectivity index is 2.74. The summed E-state index contributed by atoms with van der Waals surface area (Å²) in [7, 11) is 0. The smallest absolute Gasteiger partial charge is 0.414 e. The minimum atomic E-state index is -0.327. The molecule has 0 radical (unpaired) electrons. The molecule has 1 rings (SSSR count). The molecule has 0 spiro atoms. The third-order valence-electron chi connectivity index (χ3n) is 2.26. The number of nitrogens with two attached hydrogens (primary N) is 1. The molecule has 0 aliphatic rings. The molecule has 17 heavy (non-hydrogen) atoms. The van der Waals surface area contributed by atoms with Crippen molar-refractivity contribution >= 4 is 17.5 Å². The van der Waals surface area contributed by atoms with E-state index in [1.165, 1.54) is 0 Å². The summed E-state index contributed by atoms with van der Waals surface area (Å²) in [5.41, 5.74) is 7.10. The van der Waals surface area contributed by atoms with Crippen molar-refractivity contribution in [2.24, 2.45) is 5.92 Å². The molecule has 0 heterocycles. The van der Waals surface area contributed by atoms with Gasteiger partial charge in [-0.15, -0.1) is 0 Å². The Bertz CT molecular complexity index is 377. The predicted octanol–water partition coefficient (Wildman–Crippen LogP) is 2.89. The van der Waals surface area contributed by atoms with Crippen LogP contribution in [0, 0.1) is 5.92 Å². The van der Waals surface area contributed by atoms with E-state index in [1.54, 1.807) is 17.0 Å². The molecule has 1 aromatic rings. The zero-order valence-electron chi connectivity index (χ0n) is 10.6. The molecule has 4 nitrogen and oxygen atoms in total. The quantitative estimate of drug-likeness (QED) is 0.818. The van der Waals surface area contributed by atoms with Crippen LogP contribution in [0.1, 0.15) is 20.8 Å². The van der Waals surface area contributed by atoms with Crippen molar-refractivity contribution in [1.82, 2.24) is 0 Å². The maximum absolute atomic E-state index is 11.9. The SMILES string of the molecule is CCN(C(=O)OCC(C)C)c1cccc(N)c1. The lowest BCUT2D eigenvalue weighted by molar-refractivity contribution is 0.140. The number of rotatable bonds is 4. The zero-order valence-corrected chi connectivity index (χ0v) is 10.6. The van der Waals surface area contributed by atoms with Gasteiger partial charge in [0.2, 0.25) is 0 Å².